The molecule has 4 nitrogen and oxygen atoms in total. The average molecular weight is 245 g/mol. The Kier molecular flexibility index (Phi) is 4.12. The van der Waals surface area contributed by atoms with Crippen molar-refractivity contribution in [3.8, 4) is 11.3 Å². The first-order chi connectivity index (χ1) is 8.79. The third-order valence-corrected chi connectivity index (χ3v) is 2.51. The molecule has 0 fully saturated rings. The van der Waals surface area contributed by atoms with E-state index >= 15 is 0 Å². The minimum atomic E-state index is -0.207. The van der Waals surface area contributed by atoms with Crippen LogP contribution in [0.5, 0.6) is 0 Å². The molecule has 0 unspecified atom stereocenters. The Morgan fingerprint density at radius 2 is 2.11 bits per heavy atom. The van der Waals surface area contributed by atoms with Gasteiger partial charge in [-0.2, -0.15) is 0 Å². The quantitative estimate of drug-likeness (QED) is 0.760. The molecule has 0 saturated heterocycles. The second-order valence-electron chi connectivity index (χ2n) is 3.85. The second-order valence-corrected chi connectivity index (χ2v) is 3.85. The maximum absolute atomic E-state index is 11.2. The average Bonchev–Trinajstić information content (AvgIpc) is 2.87. The number of aromatic nitrogens is 1. The summed E-state index contributed by atoms with van der Waals surface area (Å²) in [4.78, 5) is 11.2. The van der Waals surface area contributed by atoms with Gasteiger partial charge in [-0.25, -0.2) is 0 Å². The van der Waals surface area contributed by atoms with Gasteiger partial charge in [-0.1, -0.05) is 35.5 Å². The van der Waals surface area contributed by atoms with E-state index in [2.05, 4.69) is 5.16 Å². The van der Waals surface area contributed by atoms with Crippen LogP contribution < -0.4 is 0 Å². The van der Waals surface area contributed by atoms with E-state index in [1.165, 1.54) is 0 Å². The Labute approximate surface area is 106 Å². The summed E-state index contributed by atoms with van der Waals surface area (Å²) < 4.78 is 10.1. The SMILES string of the molecule is CCOC(=O)CCc1cc(-c2ccccc2)on1. The molecule has 0 saturated carbocycles. The Hall–Kier alpha value is -2.10. The second kappa shape index (κ2) is 6.00. The van der Waals surface area contributed by atoms with Crippen LogP contribution in [0, 0.1) is 0 Å². The van der Waals surface area contributed by atoms with Crippen LogP contribution in [0.2, 0.25) is 0 Å². The lowest BCUT2D eigenvalue weighted by Crippen LogP contribution is -2.05. The van der Waals surface area contributed by atoms with Crippen LogP contribution in [-0.4, -0.2) is 17.7 Å². The van der Waals surface area contributed by atoms with Crippen molar-refractivity contribution in [3.63, 3.8) is 0 Å². The number of hydrogen-bond donors (Lipinski definition) is 0. The van der Waals surface area contributed by atoms with E-state index in [0.29, 0.717) is 19.4 Å². The zero-order valence-corrected chi connectivity index (χ0v) is 10.3. The predicted octanol–water partition coefficient (Wildman–Crippen LogP) is 2.84. The largest absolute Gasteiger partial charge is 0.466 e. The van der Waals surface area contributed by atoms with E-state index < -0.39 is 0 Å². The molecule has 2 aromatic rings. The number of hydrogen-bond acceptors (Lipinski definition) is 4. The van der Waals surface area contributed by atoms with Crippen LogP contribution >= 0.6 is 0 Å². The molecule has 0 aliphatic carbocycles. The third kappa shape index (κ3) is 3.20. The lowest BCUT2D eigenvalue weighted by atomic mass is 10.1. The Balaban J connectivity index is 1.97. The van der Waals surface area contributed by atoms with Crippen LogP contribution in [0.4, 0.5) is 0 Å². The normalized spacial score (nSPS) is 10.3. The molecule has 0 spiro atoms. The molecular weight excluding hydrogens is 230 g/mol. The maximum Gasteiger partial charge on any atom is 0.306 e. The molecule has 0 N–H and O–H groups in total. The molecule has 1 heterocycles. The Morgan fingerprint density at radius 3 is 2.83 bits per heavy atom. The zero-order chi connectivity index (χ0) is 12.8. The highest BCUT2D eigenvalue weighted by atomic mass is 16.5. The van der Waals surface area contributed by atoms with Gasteiger partial charge in [0, 0.05) is 18.1 Å². The van der Waals surface area contributed by atoms with Crippen LogP contribution in [-0.2, 0) is 16.0 Å². The van der Waals surface area contributed by atoms with Crippen LogP contribution in [0.1, 0.15) is 19.0 Å². The number of carbonyl (C=O) groups excluding carboxylic acids is 1. The highest BCUT2D eigenvalue weighted by Crippen LogP contribution is 2.20. The van der Waals surface area contributed by atoms with Gasteiger partial charge in [0.05, 0.1) is 18.7 Å². The molecule has 0 aliphatic heterocycles. The van der Waals surface area contributed by atoms with Gasteiger partial charge in [0.1, 0.15) is 0 Å². The van der Waals surface area contributed by atoms with E-state index in [4.69, 9.17) is 9.26 Å². The predicted molar refractivity (Wildman–Crippen MR) is 66.9 cm³/mol. The number of carbonyl (C=O) groups is 1. The number of aryl methyl sites for hydroxylation is 1. The number of rotatable bonds is 5. The molecule has 2 rings (SSSR count). The van der Waals surface area contributed by atoms with Crippen molar-refractivity contribution < 1.29 is 14.1 Å². The minimum absolute atomic E-state index is 0.207. The Bertz CT molecular complexity index is 505. The summed E-state index contributed by atoms with van der Waals surface area (Å²) >= 11 is 0. The molecule has 0 bridgehead atoms. The fraction of sp³-hybridized carbons (Fsp3) is 0.286. The molecule has 0 radical (unpaired) electrons. The molecule has 18 heavy (non-hydrogen) atoms. The van der Waals surface area contributed by atoms with Crippen molar-refractivity contribution in [3.05, 3.63) is 42.1 Å². The monoisotopic (exact) mass is 245 g/mol. The lowest BCUT2D eigenvalue weighted by molar-refractivity contribution is -0.143. The first kappa shape index (κ1) is 12.4. The van der Waals surface area contributed by atoms with E-state index in [0.717, 1.165) is 17.0 Å². The van der Waals surface area contributed by atoms with Crippen molar-refractivity contribution >= 4 is 5.97 Å². The summed E-state index contributed by atoms with van der Waals surface area (Å²) in [5.41, 5.74) is 1.74. The van der Waals surface area contributed by atoms with Crippen LogP contribution in [0.15, 0.2) is 40.9 Å². The molecule has 4 heteroatoms. The first-order valence-electron chi connectivity index (χ1n) is 5.96. The molecule has 0 aliphatic rings. The molecule has 1 aromatic carbocycles. The first-order valence-corrected chi connectivity index (χ1v) is 5.96. The van der Waals surface area contributed by atoms with E-state index in [1.807, 2.05) is 36.4 Å². The van der Waals surface area contributed by atoms with Crippen molar-refractivity contribution in [2.45, 2.75) is 19.8 Å². The fourth-order valence-corrected chi connectivity index (χ4v) is 1.63. The van der Waals surface area contributed by atoms with E-state index in [-0.39, 0.29) is 5.97 Å². The van der Waals surface area contributed by atoms with Gasteiger partial charge in [0.25, 0.3) is 0 Å². The standard InChI is InChI=1S/C14H15NO3/c1-2-17-14(16)9-8-12-10-13(18-15-12)11-6-4-3-5-7-11/h3-7,10H,2,8-9H2,1H3. The Morgan fingerprint density at radius 1 is 1.33 bits per heavy atom. The third-order valence-electron chi connectivity index (χ3n) is 2.51. The summed E-state index contributed by atoms with van der Waals surface area (Å²) in [5.74, 6) is 0.510. The smallest absolute Gasteiger partial charge is 0.306 e. The van der Waals surface area contributed by atoms with Crippen molar-refractivity contribution in [1.82, 2.24) is 5.16 Å². The number of benzene rings is 1. The van der Waals surface area contributed by atoms with Gasteiger partial charge in [0.2, 0.25) is 0 Å². The van der Waals surface area contributed by atoms with Gasteiger partial charge in [-0.15, -0.1) is 0 Å². The molecular formula is C14H15NO3. The lowest BCUT2D eigenvalue weighted by Gasteiger charge is -1.98. The molecule has 94 valence electrons. The topological polar surface area (TPSA) is 52.3 Å². The number of nitrogens with zero attached hydrogens (tertiary/aromatic N) is 1. The van der Waals surface area contributed by atoms with Crippen LogP contribution in [0.25, 0.3) is 11.3 Å². The van der Waals surface area contributed by atoms with Gasteiger partial charge >= 0.3 is 5.97 Å². The molecule has 1 aromatic heterocycles. The molecule has 0 amide bonds. The highest BCUT2D eigenvalue weighted by Gasteiger charge is 2.08. The summed E-state index contributed by atoms with van der Waals surface area (Å²) in [5, 5.41) is 3.94. The van der Waals surface area contributed by atoms with E-state index in [9.17, 15) is 4.79 Å². The minimum Gasteiger partial charge on any atom is -0.466 e. The fourth-order valence-electron chi connectivity index (χ4n) is 1.63. The van der Waals surface area contributed by atoms with Gasteiger partial charge in [-0.3, -0.25) is 4.79 Å². The number of ether oxygens (including phenoxy) is 1. The number of esters is 1. The van der Waals surface area contributed by atoms with Gasteiger partial charge in [-0.05, 0) is 6.92 Å². The summed E-state index contributed by atoms with van der Waals surface area (Å²) in [6, 6.07) is 11.6. The summed E-state index contributed by atoms with van der Waals surface area (Å²) in [7, 11) is 0. The van der Waals surface area contributed by atoms with Crippen molar-refractivity contribution in [2.24, 2.45) is 0 Å². The highest BCUT2D eigenvalue weighted by molar-refractivity contribution is 5.69. The summed E-state index contributed by atoms with van der Waals surface area (Å²) in [6.07, 6.45) is 0.865. The maximum atomic E-state index is 11.2. The van der Waals surface area contributed by atoms with Crippen molar-refractivity contribution in [2.75, 3.05) is 6.61 Å². The summed E-state index contributed by atoms with van der Waals surface area (Å²) in [6.45, 7) is 2.20. The van der Waals surface area contributed by atoms with Gasteiger partial charge < -0.3 is 9.26 Å². The molecule has 0 atom stereocenters. The van der Waals surface area contributed by atoms with E-state index in [1.54, 1.807) is 6.92 Å². The zero-order valence-electron chi connectivity index (χ0n) is 10.3. The van der Waals surface area contributed by atoms with Crippen molar-refractivity contribution in [1.29, 1.82) is 0 Å². The van der Waals surface area contributed by atoms with Gasteiger partial charge in [0.15, 0.2) is 5.76 Å². The van der Waals surface area contributed by atoms with Crippen LogP contribution in [0.3, 0.4) is 0 Å².